The van der Waals surface area contributed by atoms with Crippen molar-refractivity contribution in [1.29, 1.82) is 0 Å². The summed E-state index contributed by atoms with van der Waals surface area (Å²) in [5, 5.41) is -0.574. The molecule has 1 aromatic rings. The van der Waals surface area contributed by atoms with Gasteiger partial charge in [0.15, 0.2) is 5.15 Å². The van der Waals surface area contributed by atoms with Crippen molar-refractivity contribution < 1.29 is 9.13 Å². The van der Waals surface area contributed by atoms with Crippen LogP contribution < -0.4 is 11.2 Å². The molecule has 1 N–H and O–H groups in total. The van der Waals surface area contributed by atoms with Crippen LogP contribution in [-0.2, 0) is 4.74 Å². The molecule has 1 heterocycles. The summed E-state index contributed by atoms with van der Waals surface area (Å²) in [6, 6.07) is -0.553. The first-order chi connectivity index (χ1) is 7.49. The average Bonchev–Trinajstić information content (AvgIpc) is 2.23. The van der Waals surface area contributed by atoms with Crippen molar-refractivity contribution in [3.8, 4) is 0 Å². The highest BCUT2D eigenvalue weighted by molar-refractivity contribution is 6.29. The molecule has 0 aromatic carbocycles. The van der Waals surface area contributed by atoms with Gasteiger partial charge in [-0.1, -0.05) is 11.6 Å². The van der Waals surface area contributed by atoms with Crippen LogP contribution in [0.15, 0.2) is 9.59 Å². The zero-order valence-electron chi connectivity index (χ0n) is 8.92. The predicted octanol–water partition coefficient (Wildman–Crippen LogP) is 0.927. The molecule has 1 unspecified atom stereocenters. The molecular weight excluding hydrogens is 239 g/mol. The van der Waals surface area contributed by atoms with Crippen LogP contribution in [-0.4, -0.2) is 22.8 Å². The minimum atomic E-state index is -1.16. The van der Waals surface area contributed by atoms with Gasteiger partial charge in [0.2, 0.25) is 5.82 Å². The van der Waals surface area contributed by atoms with E-state index in [4.69, 9.17) is 16.3 Å². The molecular formula is C9H12ClFN2O3. The molecule has 0 fully saturated rings. The summed E-state index contributed by atoms with van der Waals surface area (Å²) in [5.41, 5.74) is -1.79. The Kier molecular flexibility index (Phi) is 4.26. The maximum atomic E-state index is 13.2. The highest BCUT2D eigenvalue weighted by Gasteiger charge is 2.16. The molecule has 0 saturated heterocycles. The molecule has 16 heavy (non-hydrogen) atoms. The molecule has 0 saturated carbocycles. The van der Waals surface area contributed by atoms with Gasteiger partial charge in [0, 0.05) is 6.61 Å². The summed E-state index contributed by atoms with van der Waals surface area (Å²) in [6.07, 6.45) is 0. The van der Waals surface area contributed by atoms with Crippen LogP contribution in [0.4, 0.5) is 4.39 Å². The number of hydrogen-bond acceptors (Lipinski definition) is 3. The second kappa shape index (κ2) is 5.27. The van der Waals surface area contributed by atoms with E-state index >= 15 is 0 Å². The van der Waals surface area contributed by atoms with Gasteiger partial charge in [-0.05, 0) is 13.8 Å². The van der Waals surface area contributed by atoms with E-state index in [-0.39, 0.29) is 6.61 Å². The third-order valence-corrected chi connectivity index (χ3v) is 2.30. The number of nitrogens with zero attached hydrogens (tertiary/aromatic N) is 1. The molecule has 1 rings (SSSR count). The van der Waals surface area contributed by atoms with Gasteiger partial charge in [-0.15, -0.1) is 0 Å². The zero-order chi connectivity index (χ0) is 12.3. The van der Waals surface area contributed by atoms with E-state index in [1.165, 1.54) is 0 Å². The number of aromatic amines is 1. The van der Waals surface area contributed by atoms with Crippen molar-refractivity contribution in [1.82, 2.24) is 9.55 Å². The minimum Gasteiger partial charge on any atom is -0.380 e. The van der Waals surface area contributed by atoms with Crippen LogP contribution in [0.5, 0.6) is 0 Å². The molecule has 90 valence electrons. The number of H-pyrrole nitrogens is 1. The van der Waals surface area contributed by atoms with Crippen molar-refractivity contribution in [2.75, 3.05) is 13.2 Å². The van der Waals surface area contributed by atoms with E-state index < -0.39 is 28.3 Å². The summed E-state index contributed by atoms with van der Waals surface area (Å²) in [6.45, 7) is 3.97. The topological polar surface area (TPSA) is 64.1 Å². The van der Waals surface area contributed by atoms with Crippen LogP contribution in [0.1, 0.15) is 19.9 Å². The van der Waals surface area contributed by atoms with Gasteiger partial charge in [0.1, 0.15) is 0 Å². The zero-order valence-corrected chi connectivity index (χ0v) is 9.68. The van der Waals surface area contributed by atoms with E-state index in [1.807, 2.05) is 4.98 Å². The van der Waals surface area contributed by atoms with Crippen LogP contribution in [0.3, 0.4) is 0 Å². The van der Waals surface area contributed by atoms with Gasteiger partial charge < -0.3 is 4.74 Å². The van der Waals surface area contributed by atoms with Gasteiger partial charge >= 0.3 is 5.69 Å². The van der Waals surface area contributed by atoms with Crippen LogP contribution in [0.25, 0.3) is 0 Å². The molecule has 0 radical (unpaired) electrons. The Bertz CT molecular complexity index is 483. The molecule has 7 heteroatoms. The van der Waals surface area contributed by atoms with Crippen molar-refractivity contribution in [3.05, 3.63) is 31.8 Å². The maximum Gasteiger partial charge on any atom is 0.329 e. The molecule has 0 aliphatic heterocycles. The van der Waals surface area contributed by atoms with E-state index in [1.54, 1.807) is 13.8 Å². The summed E-state index contributed by atoms with van der Waals surface area (Å²) < 4.78 is 19.0. The normalized spacial score (nSPS) is 12.8. The fraction of sp³-hybridized carbons (Fsp3) is 0.556. The Morgan fingerprint density at radius 1 is 1.56 bits per heavy atom. The van der Waals surface area contributed by atoms with Gasteiger partial charge in [-0.3, -0.25) is 14.3 Å². The number of halogens is 2. The monoisotopic (exact) mass is 250 g/mol. The van der Waals surface area contributed by atoms with E-state index in [9.17, 15) is 14.0 Å². The minimum absolute atomic E-state index is 0.153. The lowest BCUT2D eigenvalue weighted by Gasteiger charge is -2.13. The standard InChI is InChI=1S/C9H12ClFN2O3/c1-3-16-4-5(2)13-8(14)6(11)7(10)12-9(13)15/h5H,3-4H2,1-2H3,(H,12,15). The second-order valence-electron chi connectivity index (χ2n) is 3.24. The SMILES string of the molecule is CCOCC(C)n1c(=O)[nH]c(Cl)c(F)c1=O. The summed E-state index contributed by atoms with van der Waals surface area (Å²) >= 11 is 5.33. The fourth-order valence-corrected chi connectivity index (χ4v) is 1.43. The van der Waals surface area contributed by atoms with E-state index in [0.717, 1.165) is 4.57 Å². The number of nitrogens with one attached hydrogen (secondary N) is 1. The quantitative estimate of drug-likeness (QED) is 0.809. The average molecular weight is 251 g/mol. The Balaban J connectivity index is 3.19. The first kappa shape index (κ1) is 12.9. The van der Waals surface area contributed by atoms with Crippen molar-refractivity contribution >= 4 is 11.6 Å². The van der Waals surface area contributed by atoms with Crippen molar-refractivity contribution in [3.63, 3.8) is 0 Å². The third-order valence-electron chi connectivity index (χ3n) is 2.04. The Morgan fingerprint density at radius 3 is 2.75 bits per heavy atom. The lowest BCUT2D eigenvalue weighted by molar-refractivity contribution is 0.116. The molecule has 0 bridgehead atoms. The first-order valence-corrected chi connectivity index (χ1v) is 5.14. The summed E-state index contributed by atoms with van der Waals surface area (Å²) in [7, 11) is 0. The largest absolute Gasteiger partial charge is 0.380 e. The molecule has 0 amide bonds. The second-order valence-corrected chi connectivity index (χ2v) is 3.62. The van der Waals surface area contributed by atoms with Crippen LogP contribution in [0.2, 0.25) is 5.15 Å². The van der Waals surface area contributed by atoms with Crippen LogP contribution >= 0.6 is 11.6 Å². The van der Waals surface area contributed by atoms with E-state index in [2.05, 4.69) is 0 Å². The Hall–Kier alpha value is -1.14. The third kappa shape index (κ3) is 2.51. The predicted molar refractivity (Wildman–Crippen MR) is 57.5 cm³/mol. The number of rotatable bonds is 4. The molecule has 0 aliphatic rings. The molecule has 1 aromatic heterocycles. The smallest absolute Gasteiger partial charge is 0.329 e. The molecule has 1 atom stereocenters. The van der Waals surface area contributed by atoms with E-state index in [0.29, 0.717) is 6.61 Å². The summed E-state index contributed by atoms with van der Waals surface area (Å²) in [5.74, 6) is -1.16. The Labute approximate surface area is 95.8 Å². The highest BCUT2D eigenvalue weighted by Crippen LogP contribution is 2.05. The maximum absolute atomic E-state index is 13.2. The first-order valence-electron chi connectivity index (χ1n) is 4.76. The Morgan fingerprint density at radius 2 is 2.19 bits per heavy atom. The fourth-order valence-electron chi connectivity index (χ4n) is 1.26. The van der Waals surface area contributed by atoms with Crippen LogP contribution in [0, 0.1) is 5.82 Å². The molecule has 5 nitrogen and oxygen atoms in total. The lowest BCUT2D eigenvalue weighted by Crippen LogP contribution is -2.40. The number of aromatic nitrogens is 2. The number of hydrogen-bond donors (Lipinski definition) is 1. The van der Waals surface area contributed by atoms with Gasteiger partial charge in [0.05, 0.1) is 12.6 Å². The van der Waals surface area contributed by atoms with Crippen molar-refractivity contribution in [2.45, 2.75) is 19.9 Å². The number of ether oxygens (including phenoxy) is 1. The summed E-state index contributed by atoms with van der Waals surface area (Å²) in [4.78, 5) is 24.9. The molecule has 0 aliphatic carbocycles. The lowest BCUT2D eigenvalue weighted by atomic mass is 10.3. The van der Waals surface area contributed by atoms with Gasteiger partial charge in [0.25, 0.3) is 5.56 Å². The highest BCUT2D eigenvalue weighted by atomic mass is 35.5. The van der Waals surface area contributed by atoms with Crippen molar-refractivity contribution in [2.24, 2.45) is 0 Å². The van der Waals surface area contributed by atoms with Gasteiger partial charge in [-0.25, -0.2) is 4.79 Å². The van der Waals surface area contributed by atoms with Gasteiger partial charge in [-0.2, -0.15) is 4.39 Å². The molecule has 0 spiro atoms.